The Balaban J connectivity index is 1.45. The van der Waals surface area contributed by atoms with Crippen LogP contribution in [0.3, 0.4) is 0 Å². The second kappa shape index (κ2) is 11.0. The van der Waals surface area contributed by atoms with Crippen LogP contribution in [0.15, 0.2) is 95.2 Å². The van der Waals surface area contributed by atoms with Crippen molar-refractivity contribution in [1.29, 1.82) is 0 Å². The number of para-hydroxylation sites is 2. The van der Waals surface area contributed by atoms with Crippen molar-refractivity contribution < 1.29 is 9.59 Å². The van der Waals surface area contributed by atoms with Crippen LogP contribution in [-0.2, 0) is 0 Å². The largest absolute Gasteiger partial charge is 0.320 e. The van der Waals surface area contributed by atoms with Crippen molar-refractivity contribution >= 4 is 29.1 Å². The van der Waals surface area contributed by atoms with Gasteiger partial charge in [0.1, 0.15) is 18.4 Å². The van der Waals surface area contributed by atoms with Crippen LogP contribution < -0.4 is 32.1 Å². The monoisotopic (exact) mass is 458 g/mol. The lowest BCUT2D eigenvalue weighted by Gasteiger charge is -2.20. The van der Waals surface area contributed by atoms with Gasteiger partial charge in [-0.3, -0.25) is 0 Å². The van der Waals surface area contributed by atoms with Gasteiger partial charge in [0.15, 0.2) is 0 Å². The van der Waals surface area contributed by atoms with E-state index in [9.17, 15) is 9.59 Å². The highest BCUT2D eigenvalue weighted by atomic mass is 16.2. The van der Waals surface area contributed by atoms with Crippen LogP contribution in [0, 0.1) is 6.92 Å². The number of hydrazine groups is 1. The molecule has 0 aliphatic carbocycles. The van der Waals surface area contributed by atoms with E-state index in [2.05, 4.69) is 42.3 Å². The van der Waals surface area contributed by atoms with Gasteiger partial charge in [-0.1, -0.05) is 54.1 Å². The number of nitrogens with one attached hydrogen (secondary N) is 6. The van der Waals surface area contributed by atoms with Crippen molar-refractivity contribution in [3.05, 3.63) is 90.5 Å². The number of benzene rings is 3. The Morgan fingerprint density at radius 3 is 1.65 bits per heavy atom. The maximum atomic E-state index is 12.5. The van der Waals surface area contributed by atoms with Crippen LogP contribution in [0.2, 0.25) is 0 Å². The average molecular weight is 459 g/mol. The molecule has 34 heavy (non-hydrogen) atoms. The zero-order valence-electron chi connectivity index (χ0n) is 18.5. The van der Waals surface area contributed by atoms with Crippen LogP contribution in [0.25, 0.3) is 0 Å². The van der Waals surface area contributed by atoms with E-state index in [1.807, 2.05) is 67.6 Å². The van der Waals surface area contributed by atoms with Gasteiger partial charge in [-0.15, -0.1) is 0 Å². The third kappa shape index (κ3) is 6.37. The topological polar surface area (TPSA) is 131 Å². The van der Waals surface area contributed by atoms with Gasteiger partial charge < -0.3 is 21.3 Å². The molecule has 6 N–H and O–H groups in total. The highest BCUT2D eigenvalue weighted by molar-refractivity contribution is 5.90. The highest BCUT2D eigenvalue weighted by Gasteiger charge is 2.38. The van der Waals surface area contributed by atoms with Crippen molar-refractivity contribution in [3.8, 4) is 0 Å². The summed E-state index contributed by atoms with van der Waals surface area (Å²) in [6.45, 7) is 1.99. The minimum absolute atomic E-state index is 0.421. The number of rotatable bonds is 6. The van der Waals surface area contributed by atoms with E-state index in [1.54, 1.807) is 24.3 Å². The van der Waals surface area contributed by atoms with E-state index < -0.39 is 30.4 Å². The van der Waals surface area contributed by atoms with E-state index in [0.717, 1.165) is 5.56 Å². The van der Waals surface area contributed by atoms with Crippen LogP contribution in [0.5, 0.6) is 0 Å². The minimum Gasteiger partial charge on any atom is -0.319 e. The molecule has 0 spiro atoms. The number of nitrogens with zero attached hydrogens (tertiary/aromatic N) is 2. The second-order valence-electron chi connectivity index (χ2n) is 7.71. The fraction of sp³-hybridized carbons (Fsp3) is 0.167. The van der Waals surface area contributed by atoms with Gasteiger partial charge >= 0.3 is 12.1 Å². The van der Waals surface area contributed by atoms with E-state index in [-0.39, 0.29) is 0 Å². The third-order valence-electron chi connectivity index (χ3n) is 5.05. The number of anilines is 2. The first kappa shape index (κ1) is 22.9. The molecule has 0 saturated carbocycles. The van der Waals surface area contributed by atoms with Gasteiger partial charge in [-0.2, -0.15) is 10.2 Å². The molecule has 1 aliphatic heterocycles. The first-order valence-corrected chi connectivity index (χ1v) is 10.8. The quantitative estimate of drug-likeness (QED) is 0.313. The number of carbonyl (C=O) groups is 2. The third-order valence-corrected chi connectivity index (χ3v) is 5.05. The van der Waals surface area contributed by atoms with Gasteiger partial charge in [0.25, 0.3) is 0 Å². The Bertz CT molecular complexity index is 1060. The zero-order chi connectivity index (χ0) is 23.8. The van der Waals surface area contributed by atoms with Gasteiger partial charge in [-0.05, 0) is 43.3 Å². The molecule has 1 aliphatic rings. The summed E-state index contributed by atoms with van der Waals surface area (Å²) in [4.78, 5) is 25.1. The highest BCUT2D eigenvalue weighted by Crippen LogP contribution is 2.17. The Morgan fingerprint density at radius 2 is 1.18 bits per heavy atom. The Morgan fingerprint density at radius 1 is 0.706 bits per heavy atom. The van der Waals surface area contributed by atoms with Crippen LogP contribution >= 0.6 is 0 Å². The molecular formula is C24H26N8O2. The summed E-state index contributed by atoms with van der Waals surface area (Å²) in [7, 11) is 0. The second-order valence-corrected chi connectivity index (χ2v) is 7.71. The zero-order valence-corrected chi connectivity index (χ0v) is 18.5. The molecule has 0 bridgehead atoms. The molecule has 2 unspecified atom stereocenters. The van der Waals surface area contributed by atoms with E-state index >= 15 is 0 Å². The fourth-order valence-corrected chi connectivity index (χ4v) is 3.32. The Hall–Kier alpha value is -4.28. The summed E-state index contributed by atoms with van der Waals surface area (Å²) in [5, 5.41) is 19.9. The Labute approximate surface area is 197 Å². The van der Waals surface area contributed by atoms with Crippen molar-refractivity contribution in [1.82, 2.24) is 21.5 Å². The standard InChI is InChI=1S/C24H26N8O2/c1-16-12-14-19(15-13-16)29-30-20-21(27-23(33)25-17-8-4-2-5-9-17)31-32-22(20)28-24(34)26-18-10-6-3-7-11-18/h2-15,20-22,31-32H,1H3,(H2,25,27,33)(H2,26,28,34). The molecule has 0 aromatic heterocycles. The number of urea groups is 2. The molecule has 174 valence electrons. The summed E-state index contributed by atoms with van der Waals surface area (Å²) >= 11 is 0. The van der Waals surface area contributed by atoms with Gasteiger partial charge in [0.05, 0.1) is 5.69 Å². The van der Waals surface area contributed by atoms with Gasteiger partial charge in [0.2, 0.25) is 0 Å². The molecule has 1 saturated heterocycles. The number of azo groups is 1. The molecule has 3 aromatic rings. The molecule has 2 atom stereocenters. The van der Waals surface area contributed by atoms with Crippen molar-refractivity contribution in [3.63, 3.8) is 0 Å². The normalized spacial score (nSPS) is 19.5. The predicted molar refractivity (Wildman–Crippen MR) is 131 cm³/mol. The molecule has 10 nitrogen and oxygen atoms in total. The van der Waals surface area contributed by atoms with Crippen molar-refractivity contribution in [2.24, 2.45) is 10.2 Å². The maximum absolute atomic E-state index is 12.5. The summed E-state index contributed by atoms with van der Waals surface area (Å²) in [6, 6.07) is 24.3. The SMILES string of the molecule is Cc1ccc(N=NC2C(NC(=O)Nc3ccccc3)NNC2NC(=O)Nc2ccccc2)cc1. The molecule has 4 rings (SSSR count). The molecule has 1 heterocycles. The smallest absolute Gasteiger partial charge is 0.319 e. The van der Waals surface area contributed by atoms with Gasteiger partial charge in [0, 0.05) is 11.4 Å². The molecule has 1 fully saturated rings. The summed E-state index contributed by atoms with van der Waals surface area (Å²) in [5.74, 6) is 0. The van der Waals surface area contributed by atoms with Crippen LogP contribution in [-0.4, -0.2) is 30.4 Å². The van der Waals surface area contributed by atoms with Crippen molar-refractivity contribution in [2.45, 2.75) is 25.3 Å². The number of hydrogen-bond donors (Lipinski definition) is 6. The molecule has 10 heteroatoms. The molecule has 4 amide bonds. The summed E-state index contributed by atoms with van der Waals surface area (Å²) in [5.41, 5.74) is 9.02. The predicted octanol–water partition coefficient (Wildman–Crippen LogP) is 3.85. The lowest BCUT2D eigenvalue weighted by atomic mass is 10.2. The number of aryl methyl sites for hydroxylation is 1. The van der Waals surface area contributed by atoms with E-state index in [0.29, 0.717) is 17.1 Å². The molecule has 0 radical (unpaired) electrons. The lowest BCUT2D eigenvalue weighted by molar-refractivity contribution is 0.243. The number of hydrogen-bond acceptors (Lipinski definition) is 6. The number of amides is 4. The van der Waals surface area contributed by atoms with E-state index in [1.165, 1.54) is 0 Å². The molecular weight excluding hydrogens is 432 g/mol. The maximum Gasteiger partial charge on any atom is 0.320 e. The van der Waals surface area contributed by atoms with Crippen molar-refractivity contribution in [2.75, 3.05) is 10.6 Å². The molecule has 3 aromatic carbocycles. The average Bonchev–Trinajstić information content (AvgIpc) is 3.20. The van der Waals surface area contributed by atoms with Crippen LogP contribution in [0.1, 0.15) is 5.56 Å². The summed E-state index contributed by atoms with van der Waals surface area (Å²) < 4.78 is 0. The van der Waals surface area contributed by atoms with E-state index in [4.69, 9.17) is 0 Å². The first-order chi connectivity index (χ1) is 16.6. The van der Waals surface area contributed by atoms with Crippen LogP contribution in [0.4, 0.5) is 26.7 Å². The lowest BCUT2D eigenvalue weighted by Crippen LogP contribution is -2.51. The fourth-order valence-electron chi connectivity index (χ4n) is 3.32. The summed E-state index contributed by atoms with van der Waals surface area (Å²) in [6.07, 6.45) is -1.28. The van der Waals surface area contributed by atoms with Gasteiger partial charge in [-0.25, -0.2) is 20.4 Å². The minimum atomic E-state index is -0.639. The Kier molecular flexibility index (Phi) is 7.43. The first-order valence-electron chi connectivity index (χ1n) is 10.8. The number of carbonyl (C=O) groups excluding carboxylic acids is 2.